The van der Waals surface area contributed by atoms with Gasteiger partial charge >= 0.3 is 0 Å². The van der Waals surface area contributed by atoms with Gasteiger partial charge in [0, 0.05) is 6.04 Å². The summed E-state index contributed by atoms with van der Waals surface area (Å²) < 4.78 is 0. The Morgan fingerprint density at radius 3 is 2.62 bits per heavy atom. The van der Waals surface area contributed by atoms with Crippen molar-refractivity contribution in [2.75, 3.05) is 26.2 Å². The van der Waals surface area contributed by atoms with E-state index in [4.69, 9.17) is 6.42 Å². The van der Waals surface area contributed by atoms with E-state index in [0.717, 1.165) is 31.6 Å². The molecule has 0 spiro atoms. The Morgan fingerprint density at radius 2 is 2.12 bits per heavy atom. The summed E-state index contributed by atoms with van der Waals surface area (Å²) in [5.41, 5.74) is 0. The topological polar surface area (TPSA) is 15.3 Å². The van der Waals surface area contributed by atoms with Crippen LogP contribution in [-0.2, 0) is 0 Å². The highest BCUT2D eigenvalue weighted by molar-refractivity contribution is 4.96. The monoisotopic (exact) mass is 222 g/mol. The SMILES string of the molecule is C#CCN(CCC)C1CCC1CNCCC. The Hall–Kier alpha value is -0.520. The summed E-state index contributed by atoms with van der Waals surface area (Å²) in [7, 11) is 0. The van der Waals surface area contributed by atoms with Crippen LogP contribution >= 0.6 is 0 Å². The van der Waals surface area contributed by atoms with Crippen LogP contribution in [0.3, 0.4) is 0 Å². The number of rotatable bonds is 8. The minimum Gasteiger partial charge on any atom is -0.316 e. The molecule has 2 atom stereocenters. The predicted molar refractivity (Wildman–Crippen MR) is 70.4 cm³/mol. The molecule has 92 valence electrons. The van der Waals surface area contributed by atoms with Gasteiger partial charge in [0.05, 0.1) is 6.54 Å². The molecule has 16 heavy (non-hydrogen) atoms. The predicted octanol–water partition coefficient (Wildman–Crippen LogP) is 2.11. The highest BCUT2D eigenvalue weighted by Gasteiger charge is 2.34. The highest BCUT2D eigenvalue weighted by Crippen LogP contribution is 2.31. The molecule has 1 rings (SSSR count). The first kappa shape index (κ1) is 13.5. The third-order valence-corrected chi connectivity index (χ3v) is 3.48. The maximum Gasteiger partial charge on any atom is 0.0601 e. The molecule has 1 saturated carbocycles. The van der Waals surface area contributed by atoms with E-state index in [2.05, 4.69) is 30.0 Å². The van der Waals surface area contributed by atoms with Gasteiger partial charge < -0.3 is 5.32 Å². The Kier molecular flexibility index (Phi) is 6.52. The molecule has 1 aliphatic carbocycles. The van der Waals surface area contributed by atoms with Crippen LogP contribution in [0.2, 0.25) is 0 Å². The Bertz CT molecular complexity index is 219. The zero-order valence-electron chi connectivity index (χ0n) is 10.8. The molecule has 0 aromatic carbocycles. The smallest absolute Gasteiger partial charge is 0.0601 e. The molecule has 0 heterocycles. The molecular formula is C14H26N2. The molecule has 2 heteroatoms. The normalized spacial score (nSPS) is 24.1. The second kappa shape index (κ2) is 7.70. The Morgan fingerprint density at radius 1 is 1.31 bits per heavy atom. The Balaban J connectivity index is 2.30. The van der Waals surface area contributed by atoms with Gasteiger partial charge in [-0.2, -0.15) is 0 Å². The second-order valence-electron chi connectivity index (χ2n) is 4.78. The van der Waals surface area contributed by atoms with Crippen molar-refractivity contribution >= 4 is 0 Å². The van der Waals surface area contributed by atoms with Gasteiger partial charge in [-0.25, -0.2) is 0 Å². The zero-order chi connectivity index (χ0) is 11.8. The van der Waals surface area contributed by atoms with Gasteiger partial charge in [0.25, 0.3) is 0 Å². The lowest BCUT2D eigenvalue weighted by atomic mass is 9.78. The second-order valence-corrected chi connectivity index (χ2v) is 4.78. The third kappa shape index (κ3) is 3.81. The molecular weight excluding hydrogens is 196 g/mol. The fourth-order valence-electron chi connectivity index (χ4n) is 2.50. The van der Waals surface area contributed by atoms with E-state index in [1.165, 1.54) is 32.2 Å². The van der Waals surface area contributed by atoms with E-state index < -0.39 is 0 Å². The summed E-state index contributed by atoms with van der Waals surface area (Å²) >= 11 is 0. The van der Waals surface area contributed by atoms with E-state index in [9.17, 15) is 0 Å². The number of nitrogens with zero attached hydrogens (tertiary/aromatic N) is 1. The average Bonchev–Trinajstić information content (AvgIpc) is 2.23. The Labute approximate surface area is 101 Å². The lowest BCUT2D eigenvalue weighted by Gasteiger charge is -2.44. The molecule has 0 bridgehead atoms. The molecule has 0 amide bonds. The summed E-state index contributed by atoms with van der Waals surface area (Å²) in [5.74, 6) is 3.62. The van der Waals surface area contributed by atoms with Crippen molar-refractivity contribution in [3.63, 3.8) is 0 Å². The molecule has 2 nitrogen and oxygen atoms in total. The standard InChI is InChI=1S/C14H26N2/c1-4-9-15-12-13-7-8-14(13)16(10-5-2)11-6-3/h2,13-15H,4,6-12H2,1,3H3. The maximum atomic E-state index is 5.44. The van der Waals surface area contributed by atoms with E-state index in [1.807, 2.05) is 0 Å². The van der Waals surface area contributed by atoms with Crippen LogP contribution in [-0.4, -0.2) is 37.1 Å². The molecule has 0 aromatic rings. The first-order valence-corrected chi connectivity index (χ1v) is 6.71. The molecule has 0 aliphatic heterocycles. The largest absolute Gasteiger partial charge is 0.316 e. The molecule has 0 radical (unpaired) electrons. The van der Waals surface area contributed by atoms with Crippen molar-refractivity contribution < 1.29 is 0 Å². The van der Waals surface area contributed by atoms with Gasteiger partial charge in [0.15, 0.2) is 0 Å². The molecule has 0 saturated heterocycles. The van der Waals surface area contributed by atoms with Gasteiger partial charge in [-0.1, -0.05) is 19.8 Å². The van der Waals surface area contributed by atoms with Gasteiger partial charge in [-0.3, -0.25) is 4.90 Å². The summed E-state index contributed by atoms with van der Waals surface area (Å²) in [6, 6.07) is 0.736. The lowest BCUT2D eigenvalue weighted by Crippen LogP contribution is -2.51. The van der Waals surface area contributed by atoms with E-state index in [1.54, 1.807) is 0 Å². The molecule has 1 N–H and O–H groups in total. The fourth-order valence-corrected chi connectivity index (χ4v) is 2.50. The fraction of sp³-hybridized carbons (Fsp3) is 0.857. The summed E-state index contributed by atoms with van der Waals surface area (Å²) in [5, 5.41) is 3.53. The van der Waals surface area contributed by atoms with Crippen molar-refractivity contribution in [2.24, 2.45) is 5.92 Å². The van der Waals surface area contributed by atoms with Crippen LogP contribution in [0.25, 0.3) is 0 Å². The number of nitrogens with one attached hydrogen (secondary N) is 1. The summed E-state index contributed by atoms with van der Waals surface area (Å²) in [6.45, 7) is 8.73. The minimum absolute atomic E-state index is 0.736. The van der Waals surface area contributed by atoms with E-state index in [-0.39, 0.29) is 0 Å². The van der Waals surface area contributed by atoms with Crippen molar-refractivity contribution in [1.29, 1.82) is 0 Å². The van der Waals surface area contributed by atoms with Crippen LogP contribution in [0.1, 0.15) is 39.5 Å². The van der Waals surface area contributed by atoms with E-state index >= 15 is 0 Å². The van der Waals surface area contributed by atoms with Crippen molar-refractivity contribution in [1.82, 2.24) is 10.2 Å². The zero-order valence-corrected chi connectivity index (χ0v) is 10.8. The first-order chi connectivity index (χ1) is 7.83. The first-order valence-electron chi connectivity index (χ1n) is 6.71. The average molecular weight is 222 g/mol. The number of hydrogen-bond acceptors (Lipinski definition) is 2. The van der Waals surface area contributed by atoms with Crippen molar-refractivity contribution in [3.8, 4) is 12.3 Å². The van der Waals surface area contributed by atoms with Crippen LogP contribution < -0.4 is 5.32 Å². The van der Waals surface area contributed by atoms with Crippen LogP contribution in [0.4, 0.5) is 0 Å². The quantitative estimate of drug-likeness (QED) is 0.500. The molecule has 1 fully saturated rings. The third-order valence-electron chi connectivity index (χ3n) is 3.48. The van der Waals surface area contributed by atoms with Gasteiger partial charge in [0.2, 0.25) is 0 Å². The van der Waals surface area contributed by atoms with Gasteiger partial charge in [-0.05, 0) is 51.2 Å². The van der Waals surface area contributed by atoms with Gasteiger partial charge in [0.1, 0.15) is 0 Å². The molecule has 2 unspecified atom stereocenters. The molecule has 0 aromatic heterocycles. The van der Waals surface area contributed by atoms with Crippen LogP contribution in [0.15, 0.2) is 0 Å². The highest BCUT2D eigenvalue weighted by atomic mass is 15.2. The summed E-state index contributed by atoms with van der Waals surface area (Å²) in [4.78, 5) is 2.49. The van der Waals surface area contributed by atoms with Crippen LogP contribution in [0.5, 0.6) is 0 Å². The lowest BCUT2D eigenvalue weighted by molar-refractivity contribution is 0.0732. The minimum atomic E-state index is 0.736. The molecule has 1 aliphatic rings. The summed E-state index contributed by atoms with van der Waals surface area (Å²) in [6.07, 6.45) is 10.6. The maximum absolute atomic E-state index is 5.44. The van der Waals surface area contributed by atoms with Crippen molar-refractivity contribution in [2.45, 2.75) is 45.6 Å². The van der Waals surface area contributed by atoms with Crippen molar-refractivity contribution in [3.05, 3.63) is 0 Å². The number of terminal acetylenes is 1. The van der Waals surface area contributed by atoms with E-state index in [0.29, 0.717) is 0 Å². The van der Waals surface area contributed by atoms with Gasteiger partial charge in [-0.15, -0.1) is 6.42 Å². The van der Waals surface area contributed by atoms with Crippen LogP contribution in [0, 0.1) is 18.3 Å². The number of hydrogen-bond donors (Lipinski definition) is 1.